The Bertz CT molecular complexity index is 171. The smallest absolute Gasteiger partial charge is 0.299 e. The van der Waals surface area contributed by atoms with E-state index in [4.69, 9.17) is 4.52 Å². The van der Waals surface area contributed by atoms with Crippen molar-refractivity contribution in [3.05, 3.63) is 0 Å². The summed E-state index contributed by atoms with van der Waals surface area (Å²) in [5, 5.41) is 0. The van der Waals surface area contributed by atoms with Gasteiger partial charge in [0.25, 0.3) is 0 Å². The van der Waals surface area contributed by atoms with E-state index in [9.17, 15) is 8.76 Å². The van der Waals surface area contributed by atoms with Crippen LogP contribution in [-0.4, -0.2) is 12.3 Å². The molecular formula is C7H16FO2P. The topological polar surface area (TPSA) is 26.3 Å². The summed E-state index contributed by atoms with van der Waals surface area (Å²) in [7, 11) is -3.84. The first-order chi connectivity index (χ1) is 4.65. The Kier molecular flexibility index (Phi) is 3.27. The summed E-state index contributed by atoms with van der Waals surface area (Å²) in [6.45, 7) is 8.24. The minimum absolute atomic E-state index is 0.145. The van der Waals surface area contributed by atoms with Crippen molar-refractivity contribution < 1.29 is 13.3 Å². The third kappa shape index (κ3) is 4.54. The second kappa shape index (κ2) is 3.24. The molecule has 0 heterocycles. The minimum Gasteiger partial charge on any atom is -0.299 e. The van der Waals surface area contributed by atoms with Gasteiger partial charge in [-0.3, -0.25) is 9.09 Å². The highest BCUT2D eigenvalue weighted by Gasteiger charge is 2.30. The Hall–Kier alpha value is 0.120. The molecule has 0 radical (unpaired) electrons. The van der Waals surface area contributed by atoms with Crippen molar-refractivity contribution in [3.63, 3.8) is 0 Å². The Morgan fingerprint density at radius 2 is 1.82 bits per heavy atom. The van der Waals surface area contributed by atoms with Crippen LogP contribution in [0.1, 0.15) is 27.7 Å². The molecule has 1 atom stereocenters. The summed E-state index contributed by atoms with van der Waals surface area (Å²) in [4.78, 5) is 0. The average Bonchev–Trinajstić information content (AvgIpc) is 1.56. The van der Waals surface area contributed by atoms with E-state index in [0.717, 1.165) is 6.66 Å². The van der Waals surface area contributed by atoms with E-state index < -0.39 is 13.3 Å². The van der Waals surface area contributed by atoms with Gasteiger partial charge >= 0.3 is 7.68 Å². The molecule has 0 saturated carbocycles. The summed E-state index contributed by atoms with van der Waals surface area (Å²) < 4.78 is 28.0. The van der Waals surface area contributed by atoms with Crippen LogP contribution in [0.25, 0.3) is 0 Å². The Morgan fingerprint density at radius 3 is 1.91 bits per heavy atom. The molecule has 0 aromatic carbocycles. The van der Waals surface area contributed by atoms with E-state index in [0.29, 0.717) is 0 Å². The minimum atomic E-state index is -3.84. The van der Waals surface area contributed by atoms with Gasteiger partial charge in [-0.2, -0.15) is 4.20 Å². The highest BCUT2D eigenvalue weighted by atomic mass is 31.2. The molecule has 0 spiro atoms. The van der Waals surface area contributed by atoms with Crippen molar-refractivity contribution in [2.45, 2.75) is 33.3 Å². The van der Waals surface area contributed by atoms with Gasteiger partial charge in [0, 0.05) is 6.66 Å². The molecule has 11 heavy (non-hydrogen) atoms. The van der Waals surface area contributed by atoms with Crippen LogP contribution in [0.15, 0.2) is 0 Å². The normalized spacial score (nSPS) is 18.5. The quantitative estimate of drug-likeness (QED) is 0.626. The van der Waals surface area contributed by atoms with Gasteiger partial charge < -0.3 is 0 Å². The van der Waals surface area contributed by atoms with Gasteiger partial charge in [-0.25, -0.2) is 0 Å². The van der Waals surface area contributed by atoms with Gasteiger partial charge in [0.15, 0.2) is 0 Å². The summed E-state index contributed by atoms with van der Waals surface area (Å²) in [6, 6.07) is 0. The molecule has 4 heteroatoms. The summed E-state index contributed by atoms with van der Waals surface area (Å²) >= 11 is 0. The third-order valence-electron chi connectivity index (χ3n) is 1.79. The molecule has 0 aromatic rings. The molecule has 0 aliphatic rings. The molecule has 1 unspecified atom stereocenters. The van der Waals surface area contributed by atoms with Crippen molar-refractivity contribution in [1.82, 2.24) is 0 Å². The van der Waals surface area contributed by atoms with Crippen molar-refractivity contribution in [1.29, 1.82) is 0 Å². The predicted octanol–water partition coefficient (Wildman–Crippen LogP) is 3.23. The molecule has 0 N–H and O–H groups in total. The van der Waals surface area contributed by atoms with Crippen LogP contribution in [0.4, 0.5) is 4.20 Å². The zero-order valence-corrected chi connectivity index (χ0v) is 8.61. The largest absolute Gasteiger partial charge is 0.365 e. The Morgan fingerprint density at radius 1 is 1.45 bits per heavy atom. The zero-order chi connectivity index (χ0) is 9.28. The van der Waals surface area contributed by atoms with Crippen LogP contribution >= 0.6 is 7.68 Å². The van der Waals surface area contributed by atoms with Gasteiger partial charge in [0.05, 0.1) is 5.60 Å². The average molecular weight is 182 g/mol. The molecule has 0 aromatic heterocycles. The van der Waals surface area contributed by atoms with E-state index in [1.807, 2.05) is 13.8 Å². The first-order valence-corrected chi connectivity index (χ1v) is 5.59. The Balaban J connectivity index is 4.25. The highest BCUT2D eigenvalue weighted by molar-refractivity contribution is 7.52. The number of halogens is 1. The molecule has 2 nitrogen and oxygen atoms in total. The molecule has 0 bridgehead atoms. The van der Waals surface area contributed by atoms with E-state index in [-0.39, 0.29) is 5.92 Å². The van der Waals surface area contributed by atoms with Gasteiger partial charge in [0.1, 0.15) is 0 Å². The molecule has 68 valence electrons. The number of rotatable bonds is 3. The first-order valence-electron chi connectivity index (χ1n) is 3.63. The van der Waals surface area contributed by atoms with Crippen LogP contribution in [-0.2, 0) is 9.09 Å². The lowest BCUT2D eigenvalue weighted by Gasteiger charge is -2.29. The van der Waals surface area contributed by atoms with Gasteiger partial charge in [-0.15, -0.1) is 0 Å². The van der Waals surface area contributed by atoms with Gasteiger partial charge in [-0.05, 0) is 19.8 Å². The monoisotopic (exact) mass is 182 g/mol. The first kappa shape index (κ1) is 11.1. The lowest BCUT2D eigenvalue weighted by molar-refractivity contribution is 0.0561. The fourth-order valence-electron chi connectivity index (χ4n) is 0.526. The second-order valence-corrected chi connectivity index (χ2v) is 5.27. The standard InChI is InChI=1S/C7H16FO2P/c1-6(2)7(3,4)10-11(5,8)9/h6H,1-5H3. The Labute approximate surface area is 67.7 Å². The second-order valence-electron chi connectivity index (χ2n) is 3.60. The highest BCUT2D eigenvalue weighted by Crippen LogP contribution is 2.49. The maximum absolute atomic E-state index is 12.6. The molecule has 0 aliphatic carbocycles. The molecule has 0 amide bonds. The van der Waals surface area contributed by atoms with E-state index in [1.165, 1.54) is 0 Å². The molecule has 0 saturated heterocycles. The van der Waals surface area contributed by atoms with E-state index in [2.05, 4.69) is 0 Å². The SMILES string of the molecule is CC(C)C(C)(C)OP(C)(=O)F. The maximum Gasteiger partial charge on any atom is 0.365 e. The summed E-state index contributed by atoms with van der Waals surface area (Å²) in [6.07, 6.45) is 0. The number of hydrogen-bond acceptors (Lipinski definition) is 2. The summed E-state index contributed by atoms with van der Waals surface area (Å²) in [5.41, 5.74) is -0.654. The van der Waals surface area contributed by atoms with Crippen LogP contribution in [0, 0.1) is 5.92 Å². The van der Waals surface area contributed by atoms with Crippen LogP contribution in [0.3, 0.4) is 0 Å². The molecule has 0 rings (SSSR count). The van der Waals surface area contributed by atoms with Crippen LogP contribution < -0.4 is 0 Å². The third-order valence-corrected chi connectivity index (χ3v) is 2.59. The predicted molar refractivity (Wildman–Crippen MR) is 44.6 cm³/mol. The molecule has 0 fully saturated rings. The van der Waals surface area contributed by atoms with Crippen LogP contribution in [0.5, 0.6) is 0 Å². The zero-order valence-electron chi connectivity index (χ0n) is 7.72. The summed E-state index contributed by atoms with van der Waals surface area (Å²) in [5.74, 6) is 0.145. The van der Waals surface area contributed by atoms with E-state index >= 15 is 0 Å². The van der Waals surface area contributed by atoms with Crippen molar-refractivity contribution in [3.8, 4) is 0 Å². The maximum atomic E-state index is 12.6. The molecule has 0 aliphatic heterocycles. The fraction of sp³-hybridized carbons (Fsp3) is 1.00. The fourth-order valence-corrected chi connectivity index (χ4v) is 1.58. The van der Waals surface area contributed by atoms with Gasteiger partial charge in [0.2, 0.25) is 0 Å². The van der Waals surface area contributed by atoms with Crippen molar-refractivity contribution in [2.24, 2.45) is 5.92 Å². The molecular weight excluding hydrogens is 166 g/mol. The van der Waals surface area contributed by atoms with Crippen molar-refractivity contribution >= 4 is 7.68 Å². The number of hydrogen-bond donors (Lipinski definition) is 0. The lowest BCUT2D eigenvalue weighted by atomic mass is 9.95. The van der Waals surface area contributed by atoms with Crippen molar-refractivity contribution in [2.75, 3.05) is 6.66 Å². The lowest BCUT2D eigenvalue weighted by Crippen LogP contribution is -2.29. The van der Waals surface area contributed by atoms with E-state index in [1.54, 1.807) is 13.8 Å². The van der Waals surface area contributed by atoms with Crippen LogP contribution in [0.2, 0.25) is 0 Å². The van der Waals surface area contributed by atoms with Gasteiger partial charge in [-0.1, -0.05) is 13.8 Å².